The first-order valence-electron chi connectivity index (χ1n) is 19.1. The molecule has 6 atom stereocenters. The number of phenols is 1. The molecular formula is C41H51N5O15. The van der Waals surface area contributed by atoms with E-state index in [1.165, 1.54) is 58.5 Å². The van der Waals surface area contributed by atoms with Gasteiger partial charge in [-0.2, -0.15) is 0 Å². The molecule has 61 heavy (non-hydrogen) atoms. The summed E-state index contributed by atoms with van der Waals surface area (Å²) >= 11 is 0. The van der Waals surface area contributed by atoms with Gasteiger partial charge in [0.2, 0.25) is 24.4 Å². The van der Waals surface area contributed by atoms with Crippen LogP contribution in [0.1, 0.15) is 53.5 Å². The number of phenolic OH excluding ortho intramolecular Hbond substituents is 1. The second-order valence-electron chi connectivity index (χ2n) is 16.5. The van der Waals surface area contributed by atoms with E-state index in [4.69, 9.17) is 29.4 Å². The summed E-state index contributed by atoms with van der Waals surface area (Å²) in [4.78, 5) is 112. The van der Waals surface area contributed by atoms with Crippen molar-refractivity contribution in [2.75, 3.05) is 73.1 Å². The van der Waals surface area contributed by atoms with Gasteiger partial charge in [-0.15, -0.1) is 0 Å². The monoisotopic (exact) mass is 853 g/mol. The Kier molecular flexibility index (Phi) is 12.8. The molecule has 0 bridgehead atoms. The first-order chi connectivity index (χ1) is 28.4. The summed E-state index contributed by atoms with van der Waals surface area (Å²) < 4.78 is 26.1. The van der Waals surface area contributed by atoms with E-state index in [1.807, 2.05) is 0 Å². The molecule has 2 aromatic carbocycles. The second-order valence-corrected chi connectivity index (χ2v) is 16.5. The summed E-state index contributed by atoms with van der Waals surface area (Å²) in [5, 5.41) is 26.1. The molecule has 0 heterocycles. The third kappa shape index (κ3) is 8.04. The summed E-state index contributed by atoms with van der Waals surface area (Å²) in [5.41, 5.74) is 1.53. The van der Waals surface area contributed by atoms with Crippen molar-refractivity contribution < 1.29 is 72.3 Å². The highest BCUT2D eigenvalue weighted by atomic mass is 16.7. The Hall–Kier alpha value is -6.28. The number of anilines is 2. The van der Waals surface area contributed by atoms with Gasteiger partial charge in [0.15, 0.2) is 46.2 Å². The predicted molar refractivity (Wildman–Crippen MR) is 214 cm³/mol. The number of ether oxygens (including phenoxy) is 5. The van der Waals surface area contributed by atoms with Gasteiger partial charge in [0, 0.05) is 31.2 Å². The Morgan fingerprint density at radius 1 is 0.918 bits per heavy atom. The van der Waals surface area contributed by atoms with Gasteiger partial charge in [0.1, 0.15) is 12.3 Å². The number of aromatic hydroxyl groups is 1. The van der Waals surface area contributed by atoms with Crippen molar-refractivity contribution in [3.63, 3.8) is 0 Å². The number of likely N-dealkylation sites (N-methyl/N-ethyl adjacent to an activating group) is 1. The second kappa shape index (κ2) is 17.0. The minimum Gasteiger partial charge on any atom is -0.505 e. The summed E-state index contributed by atoms with van der Waals surface area (Å²) in [7, 11) is 10.4. The molecule has 5 rings (SSSR count). The normalized spacial score (nSPS) is 23.2. The molecule has 3 aliphatic carbocycles. The van der Waals surface area contributed by atoms with Crippen molar-refractivity contribution in [3.8, 4) is 23.0 Å². The van der Waals surface area contributed by atoms with Crippen LogP contribution in [0.4, 0.5) is 16.2 Å². The molecule has 3 amide bonds. The minimum atomic E-state index is -2.91. The summed E-state index contributed by atoms with van der Waals surface area (Å²) in [6, 6.07) is 2.84. The maximum absolute atomic E-state index is 14.4. The van der Waals surface area contributed by atoms with Crippen molar-refractivity contribution in [2.45, 2.75) is 50.8 Å². The quantitative estimate of drug-likeness (QED) is 0.100. The van der Waals surface area contributed by atoms with Gasteiger partial charge in [-0.25, -0.2) is 9.59 Å². The van der Waals surface area contributed by atoms with E-state index in [1.54, 1.807) is 39.8 Å². The highest BCUT2D eigenvalue weighted by molar-refractivity contribution is 6.32. The van der Waals surface area contributed by atoms with E-state index in [-0.39, 0.29) is 46.9 Å². The van der Waals surface area contributed by atoms with Gasteiger partial charge < -0.3 is 49.8 Å². The molecule has 3 aliphatic rings. The van der Waals surface area contributed by atoms with Gasteiger partial charge in [0.05, 0.1) is 50.1 Å². The summed E-state index contributed by atoms with van der Waals surface area (Å²) in [5.74, 6) is -13.5. The van der Waals surface area contributed by atoms with Crippen molar-refractivity contribution in [1.29, 1.82) is 0 Å². The molecule has 2 unspecified atom stereocenters. The van der Waals surface area contributed by atoms with Gasteiger partial charge in [-0.3, -0.25) is 38.6 Å². The molecule has 20 nitrogen and oxygen atoms in total. The topological polar surface area (TPSA) is 271 Å². The molecule has 0 saturated heterocycles. The molecular weight excluding hydrogens is 802 g/mol. The maximum atomic E-state index is 14.4. The molecule has 2 aromatic rings. The Morgan fingerprint density at radius 2 is 1.52 bits per heavy atom. The third-order valence-corrected chi connectivity index (χ3v) is 11.4. The molecule has 0 aromatic heterocycles. The number of hydrogen-bond donors (Lipinski definition) is 4. The van der Waals surface area contributed by atoms with E-state index in [9.17, 15) is 48.6 Å². The van der Waals surface area contributed by atoms with Crippen LogP contribution in [0.5, 0.6) is 23.0 Å². The lowest BCUT2D eigenvalue weighted by molar-refractivity contribution is -0.181. The Morgan fingerprint density at radius 3 is 2.03 bits per heavy atom. The number of esters is 1. The fourth-order valence-corrected chi connectivity index (χ4v) is 8.55. The molecule has 330 valence electrons. The van der Waals surface area contributed by atoms with Crippen molar-refractivity contribution in [1.82, 2.24) is 9.80 Å². The zero-order chi connectivity index (χ0) is 45.6. The SMILES string of the molecule is COc1cc(C(=O)OCOC(=O)N(CC(=O)Nc2cc(N(C)C)c3c(c2O)C(=O)C2C(=O)[C@]4(O)C(=O)C(C(N)=O)C(=O)[C@@H](N(C)C)[C@@H]4C[C@@H]2C3)C(C)(C)C)cc(OC)c1OC. The van der Waals surface area contributed by atoms with Crippen molar-refractivity contribution in [3.05, 3.63) is 34.9 Å². The van der Waals surface area contributed by atoms with Crippen LogP contribution < -0.4 is 30.2 Å². The van der Waals surface area contributed by atoms with Crippen molar-refractivity contribution >= 4 is 58.4 Å². The largest absolute Gasteiger partial charge is 0.505 e. The van der Waals surface area contributed by atoms with Crippen LogP contribution in [-0.2, 0) is 39.9 Å². The smallest absolute Gasteiger partial charge is 0.413 e. The number of carbonyl (C=O) groups excluding carboxylic acids is 8. The number of nitrogens with one attached hydrogen (secondary N) is 1. The number of nitrogens with two attached hydrogens (primary N) is 1. The number of benzene rings is 2. The lowest BCUT2D eigenvalue weighted by Crippen LogP contribution is -2.74. The van der Waals surface area contributed by atoms with E-state index >= 15 is 0 Å². The van der Waals surface area contributed by atoms with Gasteiger partial charge in [-0.1, -0.05) is 0 Å². The number of methoxy groups -OCH3 is 3. The fourth-order valence-electron chi connectivity index (χ4n) is 8.55. The number of ketones is 4. The lowest BCUT2D eigenvalue weighted by Gasteiger charge is -2.52. The van der Waals surface area contributed by atoms with Gasteiger partial charge in [0.25, 0.3) is 0 Å². The van der Waals surface area contributed by atoms with Crippen LogP contribution in [0.25, 0.3) is 0 Å². The Balaban J connectivity index is 1.38. The van der Waals surface area contributed by atoms with Crippen LogP contribution in [0.2, 0.25) is 0 Å². The molecule has 5 N–H and O–H groups in total. The highest BCUT2D eigenvalue weighted by Crippen LogP contribution is 2.53. The van der Waals surface area contributed by atoms with E-state index in [2.05, 4.69) is 5.32 Å². The molecule has 0 radical (unpaired) electrons. The zero-order valence-electron chi connectivity index (χ0n) is 35.6. The average molecular weight is 854 g/mol. The number of amides is 3. The number of carbonyl (C=O) groups is 8. The highest BCUT2D eigenvalue weighted by Gasteiger charge is 2.69. The van der Waals surface area contributed by atoms with Crippen LogP contribution in [0.15, 0.2) is 18.2 Å². The number of rotatable bonds is 12. The number of aliphatic hydroxyl groups is 1. The number of Topliss-reactive ketones (excluding diaryl/α,β-unsaturated/α-hetero) is 4. The number of hydrogen-bond acceptors (Lipinski definition) is 17. The van der Waals surface area contributed by atoms with Crippen LogP contribution >= 0.6 is 0 Å². The Bertz CT molecular complexity index is 2170. The van der Waals surface area contributed by atoms with Crippen LogP contribution in [0, 0.1) is 23.7 Å². The van der Waals surface area contributed by atoms with Crippen LogP contribution in [-0.4, -0.2) is 147 Å². The number of fused-ring (bicyclic) bond motifs is 3. The Labute approximate surface area is 351 Å². The van der Waals surface area contributed by atoms with Crippen LogP contribution in [0.3, 0.4) is 0 Å². The van der Waals surface area contributed by atoms with E-state index < -0.39 is 107 Å². The van der Waals surface area contributed by atoms with Gasteiger partial charge in [-0.05, 0) is 77.4 Å². The molecule has 0 spiro atoms. The number of primary amides is 1. The average Bonchev–Trinajstić information content (AvgIpc) is 3.17. The first-order valence-corrected chi connectivity index (χ1v) is 19.1. The van der Waals surface area contributed by atoms with E-state index in [0.717, 1.165) is 4.90 Å². The van der Waals surface area contributed by atoms with Crippen molar-refractivity contribution in [2.24, 2.45) is 29.4 Å². The maximum Gasteiger partial charge on any atom is 0.413 e. The third-order valence-electron chi connectivity index (χ3n) is 11.4. The fraction of sp³-hybridized carbons (Fsp3) is 0.512. The van der Waals surface area contributed by atoms with E-state index in [0.29, 0.717) is 11.3 Å². The summed E-state index contributed by atoms with van der Waals surface area (Å²) in [6.45, 7) is 3.33. The zero-order valence-corrected chi connectivity index (χ0v) is 35.6. The molecule has 2 fully saturated rings. The standard InChI is InChI=1S/C41H51N5O15/c1-40(2,3)46(39(55)61-17-60-38(54)19-13-24(57-8)34(59-10)25(14-19)58-9)16-26(47)43-22-15-23(44(4)5)20-11-18-12-21-30(45(6)7)33(50)29(37(42)53)36(52)41(21,56)35(51)27(18)32(49)28(20)31(22)48/h13-15,18,21,27,29-30,48,56H,11-12,16-17H2,1-10H3,(H2,42,53)(H,43,47)/t18-,21-,27?,29?,30-,41-/m0/s1. The lowest BCUT2D eigenvalue weighted by atomic mass is 9.52. The number of nitrogens with zero attached hydrogens (tertiary/aromatic N) is 3. The predicted octanol–water partition coefficient (Wildman–Crippen LogP) is 0.949. The molecule has 20 heteroatoms. The summed E-state index contributed by atoms with van der Waals surface area (Å²) in [6.07, 6.45) is -1.19. The van der Waals surface area contributed by atoms with Gasteiger partial charge >= 0.3 is 12.1 Å². The minimum absolute atomic E-state index is 0.00451. The first kappa shape index (κ1) is 45.8. The molecule has 0 aliphatic heterocycles. The molecule has 2 saturated carbocycles.